The predicted octanol–water partition coefficient (Wildman–Crippen LogP) is 1.45. The van der Waals surface area contributed by atoms with Crippen LogP contribution in [-0.4, -0.2) is 67.4 Å². The number of aryl methyl sites for hydroxylation is 1. The molecule has 0 bridgehead atoms. The van der Waals surface area contributed by atoms with Crippen molar-refractivity contribution in [2.24, 2.45) is 11.8 Å². The molecule has 2 heterocycles. The van der Waals surface area contributed by atoms with Crippen LogP contribution < -0.4 is 0 Å². The number of amides is 1. The van der Waals surface area contributed by atoms with Crippen LogP contribution >= 0.6 is 0 Å². The van der Waals surface area contributed by atoms with E-state index in [4.69, 9.17) is 0 Å². The molecular weight excluding hydrogens is 274 g/mol. The number of rotatable bonds is 4. The lowest BCUT2D eigenvalue weighted by atomic mass is 10.0. The lowest BCUT2D eigenvalue weighted by molar-refractivity contribution is -0.131. The van der Waals surface area contributed by atoms with Gasteiger partial charge in [0.05, 0.1) is 6.54 Å². The number of likely N-dealkylation sites (tertiary alicyclic amines) is 2. The highest BCUT2D eigenvalue weighted by atomic mass is 16.2. The van der Waals surface area contributed by atoms with Crippen molar-refractivity contribution in [3.05, 3.63) is 35.4 Å². The van der Waals surface area contributed by atoms with Gasteiger partial charge < -0.3 is 9.80 Å². The Bertz CT molecular complexity index is 514. The summed E-state index contributed by atoms with van der Waals surface area (Å²) in [7, 11) is 4.21. The molecule has 120 valence electrons. The van der Waals surface area contributed by atoms with Crippen molar-refractivity contribution >= 4 is 5.91 Å². The highest BCUT2D eigenvalue weighted by molar-refractivity contribution is 5.78. The second-order valence-corrected chi connectivity index (χ2v) is 7.20. The third-order valence-electron chi connectivity index (χ3n) is 5.00. The Balaban J connectivity index is 1.48. The van der Waals surface area contributed by atoms with E-state index in [2.05, 4.69) is 52.9 Å². The number of likely N-dealkylation sites (N-methyl/N-ethyl adjacent to an activating group) is 1. The number of hydrogen-bond donors (Lipinski definition) is 0. The Morgan fingerprint density at radius 3 is 2.32 bits per heavy atom. The van der Waals surface area contributed by atoms with Gasteiger partial charge in [-0.2, -0.15) is 0 Å². The maximum atomic E-state index is 12.5. The molecule has 1 aromatic carbocycles. The highest BCUT2D eigenvalue weighted by Gasteiger charge is 2.40. The van der Waals surface area contributed by atoms with Crippen molar-refractivity contribution in [2.45, 2.75) is 13.5 Å². The first-order valence-corrected chi connectivity index (χ1v) is 8.21. The van der Waals surface area contributed by atoms with Gasteiger partial charge in [0.2, 0.25) is 5.91 Å². The maximum absolute atomic E-state index is 12.5. The van der Waals surface area contributed by atoms with Gasteiger partial charge >= 0.3 is 0 Å². The smallest absolute Gasteiger partial charge is 0.236 e. The van der Waals surface area contributed by atoms with Gasteiger partial charge in [-0.15, -0.1) is 0 Å². The topological polar surface area (TPSA) is 26.8 Å². The summed E-state index contributed by atoms with van der Waals surface area (Å²) in [5.41, 5.74) is 2.54. The molecule has 4 nitrogen and oxygen atoms in total. The quantitative estimate of drug-likeness (QED) is 0.842. The molecule has 0 saturated carbocycles. The first-order valence-electron chi connectivity index (χ1n) is 8.21. The minimum atomic E-state index is 0.284. The summed E-state index contributed by atoms with van der Waals surface area (Å²) in [5, 5.41) is 0. The number of nitrogens with zero attached hydrogens (tertiary/aromatic N) is 3. The minimum Gasteiger partial charge on any atom is -0.341 e. The third kappa shape index (κ3) is 3.50. The summed E-state index contributed by atoms with van der Waals surface area (Å²) in [6, 6.07) is 8.55. The van der Waals surface area contributed by atoms with E-state index in [1.165, 1.54) is 11.1 Å². The molecule has 0 unspecified atom stereocenters. The fourth-order valence-corrected chi connectivity index (χ4v) is 3.82. The summed E-state index contributed by atoms with van der Waals surface area (Å²) in [5.74, 6) is 1.67. The Hall–Kier alpha value is -1.39. The number of carbonyl (C=O) groups is 1. The monoisotopic (exact) mass is 301 g/mol. The van der Waals surface area contributed by atoms with Crippen molar-refractivity contribution in [3.63, 3.8) is 0 Å². The van der Waals surface area contributed by atoms with E-state index in [1.807, 2.05) is 7.05 Å². The molecule has 3 rings (SSSR count). The molecule has 2 aliphatic heterocycles. The maximum Gasteiger partial charge on any atom is 0.236 e. The van der Waals surface area contributed by atoms with Gasteiger partial charge in [0, 0.05) is 32.7 Å². The van der Waals surface area contributed by atoms with Crippen molar-refractivity contribution in [1.29, 1.82) is 0 Å². The largest absolute Gasteiger partial charge is 0.341 e. The summed E-state index contributed by atoms with van der Waals surface area (Å²) < 4.78 is 0. The zero-order chi connectivity index (χ0) is 15.7. The Labute approximate surface area is 133 Å². The van der Waals surface area contributed by atoms with Crippen LogP contribution in [0.25, 0.3) is 0 Å². The van der Waals surface area contributed by atoms with Crippen LogP contribution in [-0.2, 0) is 11.3 Å². The number of carbonyl (C=O) groups excluding carboxylic acids is 1. The Morgan fingerprint density at radius 2 is 1.73 bits per heavy atom. The van der Waals surface area contributed by atoms with Crippen LogP contribution in [0.3, 0.4) is 0 Å². The molecule has 2 fully saturated rings. The summed E-state index contributed by atoms with van der Waals surface area (Å²) in [4.78, 5) is 19.1. The van der Waals surface area contributed by atoms with Gasteiger partial charge in [-0.3, -0.25) is 9.69 Å². The fourth-order valence-electron chi connectivity index (χ4n) is 3.82. The highest BCUT2D eigenvalue weighted by Crippen LogP contribution is 2.30. The van der Waals surface area contributed by atoms with Crippen LogP contribution in [0.15, 0.2) is 24.3 Å². The number of hydrogen-bond acceptors (Lipinski definition) is 3. The second-order valence-electron chi connectivity index (χ2n) is 7.20. The standard InChI is InChI=1S/C18H27N3O/c1-14-4-6-15(7-5-14)8-19(2)13-18(22)21-11-16-9-20(3)10-17(16)12-21/h4-7,16-17H,8-13H2,1-3H3/t16-,17+. The molecule has 2 saturated heterocycles. The van der Waals surface area contributed by atoms with Crippen molar-refractivity contribution in [2.75, 3.05) is 46.8 Å². The zero-order valence-corrected chi connectivity index (χ0v) is 14.0. The van der Waals surface area contributed by atoms with Crippen LogP contribution in [0.4, 0.5) is 0 Å². The van der Waals surface area contributed by atoms with Gasteiger partial charge in [-0.25, -0.2) is 0 Å². The summed E-state index contributed by atoms with van der Waals surface area (Å²) in [6.07, 6.45) is 0. The van der Waals surface area contributed by atoms with E-state index in [0.29, 0.717) is 18.4 Å². The van der Waals surface area contributed by atoms with Gasteiger partial charge in [-0.05, 0) is 38.4 Å². The Kier molecular flexibility index (Phi) is 4.50. The SMILES string of the molecule is Cc1ccc(CN(C)CC(=O)N2C[C@H]3CN(C)C[C@H]3C2)cc1. The van der Waals surface area contributed by atoms with Gasteiger partial charge in [-0.1, -0.05) is 29.8 Å². The van der Waals surface area contributed by atoms with E-state index in [1.54, 1.807) is 0 Å². The molecule has 4 heteroatoms. The van der Waals surface area contributed by atoms with E-state index >= 15 is 0 Å². The second kappa shape index (κ2) is 6.39. The lowest BCUT2D eigenvalue weighted by Gasteiger charge is -2.23. The van der Waals surface area contributed by atoms with E-state index in [-0.39, 0.29) is 5.91 Å². The molecule has 0 radical (unpaired) electrons. The van der Waals surface area contributed by atoms with Gasteiger partial charge in [0.15, 0.2) is 0 Å². The average Bonchev–Trinajstić information content (AvgIpc) is 2.98. The van der Waals surface area contributed by atoms with Crippen molar-refractivity contribution in [3.8, 4) is 0 Å². The van der Waals surface area contributed by atoms with E-state index in [9.17, 15) is 4.79 Å². The number of benzene rings is 1. The fraction of sp³-hybridized carbons (Fsp3) is 0.611. The van der Waals surface area contributed by atoms with Crippen LogP contribution in [0, 0.1) is 18.8 Å². The summed E-state index contributed by atoms with van der Waals surface area (Å²) >= 11 is 0. The van der Waals surface area contributed by atoms with E-state index < -0.39 is 0 Å². The minimum absolute atomic E-state index is 0.284. The van der Waals surface area contributed by atoms with Gasteiger partial charge in [0.25, 0.3) is 0 Å². The van der Waals surface area contributed by atoms with E-state index in [0.717, 1.165) is 32.7 Å². The molecule has 0 aliphatic carbocycles. The van der Waals surface area contributed by atoms with Gasteiger partial charge in [0.1, 0.15) is 0 Å². The van der Waals surface area contributed by atoms with Crippen LogP contribution in [0.1, 0.15) is 11.1 Å². The zero-order valence-electron chi connectivity index (χ0n) is 14.0. The number of fused-ring (bicyclic) bond motifs is 1. The normalized spacial score (nSPS) is 25.0. The molecule has 2 atom stereocenters. The molecule has 1 amide bonds. The third-order valence-corrected chi connectivity index (χ3v) is 5.00. The first-order chi connectivity index (χ1) is 10.5. The first kappa shape index (κ1) is 15.5. The average molecular weight is 301 g/mol. The molecule has 22 heavy (non-hydrogen) atoms. The molecule has 1 aromatic rings. The molecule has 0 aromatic heterocycles. The van der Waals surface area contributed by atoms with Crippen LogP contribution in [0.5, 0.6) is 0 Å². The lowest BCUT2D eigenvalue weighted by Crippen LogP contribution is -2.39. The van der Waals surface area contributed by atoms with Crippen LogP contribution in [0.2, 0.25) is 0 Å². The molecular formula is C18H27N3O. The Morgan fingerprint density at radius 1 is 1.14 bits per heavy atom. The molecule has 2 aliphatic rings. The molecule has 0 spiro atoms. The van der Waals surface area contributed by atoms with Crippen molar-refractivity contribution in [1.82, 2.24) is 14.7 Å². The summed E-state index contributed by atoms with van der Waals surface area (Å²) in [6.45, 7) is 7.64. The predicted molar refractivity (Wildman–Crippen MR) is 88.6 cm³/mol. The molecule has 0 N–H and O–H groups in total. The van der Waals surface area contributed by atoms with Crippen molar-refractivity contribution < 1.29 is 4.79 Å².